The zero-order chi connectivity index (χ0) is 23.7. The highest BCUT2D eigenvalue weighted by atomic mass is 32.2. The molecule has 1 unspecified atom stereocenters. The minimum atomic E-state index is -0.853. The molecular weight excluding hydrogens is 470 g/mol. The number of thioether (sulfide) groups is 1. The van der Waals surface area contributed by atoms with Crippen LogP contribution in [-0.4, -0.2) is 27.0 Å². The molecule has 1 amide bonds. The molecule has 4 aromatic rings. The quantitative estimate of drug-likeness (QED) is 0.208. The van der Waals surface area contributed by atoms with Crippen LogP contribution in [0.2, 0.25) is 0 Å². The van der Waals surface area contributed by atoms with E-state index in [9.17, 15) is 14.7 Å². The number of hydrogen-bond donors (Lipinski definition) is 1. The van der Waals surface area contributed by atoms with Crippen LogP contribution in [0.3, 0.4) is 0 Å². The summed E-state index contributed by atoms with van der Waals surface area (Å²) in [7, 11) is 0. The van der Waals surface area contributed by atoms with Gasteiger partial charge in [0.1, 0.15) is 0 Å². The Balaban J connectivity index is 1.46. The second-order valence-corrected chi connectivity index (χ2v) is 9.86. The first-order chi connectivity index (χ1) is 16.5. The zero-order valence-electron chi connectivity index (χ0n) is 18.0. The van der Waals surface area contributed by atoms with E-state index in [4.69, 9.17) is 4.42 Å². The summed E-state index contributed by atoms with van der Waals surface area (Å²) >= 11 is 2.75. The Morgan fingerprint density at radius 3 is 2.56 bits per heavy atom. The molecule has 0 bridgehead atoms. The second kappa shape index (κ2) is 9.28. The lowest BCUT2D eigenvalue weighted by Crippen LogP contribution is -2.31. The number of carbonyl (C=O) groups excluding carboxylic acids is 2. The summed E-state index contributed by atoms with van der Waals surface area (Å²) in [6.07, 6.45) is 1.37. The molecule has 1 aliphatic heterocycles. The van der Waals surface area contributed by atoms with Crippen molar-refractivity contribution >= 4 is 39.9 Å². The van der Waals surface area contributed by atoms with Gasteiger partial charge in [-0.3, -0.25) is 14.5 Å². The lowest BCUT2D eigenvalue weighted by atomic mass is 9.95. The van der Waals surface area contributed by atoms with Crippen LogP contribution < -0.4 is 4.90 Å². The summed E-state index contributed by atoms with van der Waals surface area (Å²) < 4.78 is 5.93. The number of aliphatic hydroxyl groups is 1. The van der Waals surface area contributed by atoms with Crippen LogP contribution in [0.25, 0.3) is 0 Å². The largest absolute Gasteiger partial charge is 0.503 e. The molecule has 0 fully saturated rings. The molecule has 0 spiro atoms. The smallest absolute Gasteiger partial charge is 0.296 e. The summed E-state index contributed by atoms with van der Waals surface area (Å²) in [4.78, 5) is 27.7. The third-order valence-electron chi connectivity index (χ3n) is 5.40. The maximum Gasteiger partial charge on any atom is 0.296 e. The third kappa shape index (κ3) is 4.15. The first kappa shape index (κ1) is 22.1. The van der Waals surface area contributed by atoms with Crippen molar-refractivity contribution in [1.82, 2.24) is 10.2 Å². The van der Waals surface area contributed by atoms with Gasteiger partial charge in [0.05, 0.1) is 17.9 Å². The van der Waals surface area contributed by atoms with Gasteiger partial charge in [0, 0.05) is 5.75 Å². The molecule has 3 heterocycles. The highest BCUT2D eigenvalue weighted by molar-refractivity contribution is 8.00. The third-order valence-corrected chi connectivity index (χ3v) is 7.52. The number of benzene rings is 2. The van der Waals surface area contributed by atoms with Gasteiger partial charge in [-0.25, -0.2) is 0 Å². The van der Waals surface area contributed by atoms with Crippen LogP contribution in [0, 0.1) is 6.92 Å². The number of Topliss-reactive ketones (excluding diaryl/α,β-unsaturated/α-hetero) is 1. The summed E-state index contributed by atoms with van der Waals surface area (Å²) in [6, 6.07) is 19.5. The molecule has 9 heteroatoms. The maximum absolute atomic E-state index is 13.2. The standard InChI is InChI=1S/C25H19N3O4S2/c1-15-9-11-16(12-10-15)14-33-25-27-26-24(34-25)28-20(17-6-3-2-4-7-17)19(22(30)23(28)31)21(29)18-8-5-13-32-18/h2-13,20,30H,14H2,1H3. The number of aromatic nitrogens is 2. The van der Waals surface area contributed by atoms with Gasteiger partial charge in [-0.15, -0.1) is 10.2 Å². The predicted octanol–water partition coefficient (Wildman–Crippen LogP) is 5.51. The minimum absolute atomic E-state index is 0.0451. The van der Waals surface area contributed by atoms with Gasteiger partial charge in [-0.2, -0.15) is 0 Å². The average Bonchev–Trinajstić information content (AvgIpc) is 3.60. The number of aliphatic hydroxyl groups excluding tert-OH is 1. The minimum Gasteiger partial charge on any atom is -0.503 e. The van der Waals surface area contributed by atoms with Crippen molar-refractivity contribution < 1.29 is 19.1 Å². The Bertz CT molecular complexity index is 1360. The molecule has 0 aliphatic carbocycles. The topological polar surface area (TPSA) is 96.5 Å². The zero-order valence-corrected chi connectivity index (χ0v) is 19.7. The Hall–Kier alpha value is -3.69. The number of rotatable bonds is 7. The number of carbonyl (C=O) groups is 2. The Morgan fingerprint density at radius 1 is 1.09 bits per heavy atom. The normalized spacial score (nSPS) is 15.9. The van der Waals surface area contributed by atoms with Crippen molar-refractivity contribution in [1.29, 1.82) is 0 Å². The summed E-state index contributed by atoms with van der Waals surface area (Å²) in [5.74, 6) is -1.11. The fraction of sp³-hybridized carbons (Fsp3) is 0.120. The number of aryl methyl sites for hydroxylation is 1. The van der Waals surface area contributed by atoms with Gasteiger partial charge >= 0.3 is 0 Å². The number of anilines is 1. The van der Waals surface area contributed by atoms with Crippen molar-refractivity contribution in [3.05, 3.63) is 107 Å². The molecule has 5 rings (SSSR count). The average molecular weight is 490 g/mol. The molecular formula is C25H19N3O4S2. The molecule has 1 aliphatic rings. The molecule has 170 valence electrons. The van der Waals surface area contributed by atoms with Gasteiger partial charge in [-0.1, -0.05) is 83.3 Å². The number of amides is 1. The summed E-state index contributed by atoms with van der Waals surface area (Å²) in [5, 5.41) is 19.5. The van der Waals surface area contributed by atoms with Gasteiger partial charge in [0.25, 0.3) is 5.91 Å². The fourth-order valence-electron chi connectivity index (χ4n) is 3.71. The van der Waals surface area contributed by atoms with Gasteiger partial charge in [0.15, 0.2) is 15.9 Å². The second-order valence-electron chi connectivity index (χ2n) is 7.68. The van der Waals surface area contributed by atoms with Crippen molar-refractivity contribution in [3.63, 3.8) is 0 Å². The fourth-order valence-corrected chi connectivity index (χ4v) is 5.54. The molecule has 1 N–H and O–H groups in total. The highest BCUT2D eigenvalue weighted by Crippen LogP contribution is 2.43. The molecule has 2 aromatic heterocycles. The predicted molar refractivity (Wildman–Crippen MR) is 130 cm³/mol. The molecule has 0 saturated carbocycles. The van der Waals surface area contributed by atoms with Crippen LogP contribution in [0.15, 0.2) is 93.1 Å². The van der Waals surface area contributed by atoms with E-state index >= 15 is 0 Å². The van der Waals surface area contributed by atoms with E-state index in [1.807, 2.05) is 25.1 Å². The van der Waals surface area contributed by atoms with E-state index < -0.39 is 23.5 Å². The van der Waals surface area contributed by atoms with Crippen molar-refractivity contribution in [3.8, 4) is 0 Å². The summed E-state index contributed by atoms with van der Waals surface area (Å²) in [6.45, 7) is 2.04. The van der Waals surface area contributed by atoms with Crippen LogP contribution >= 0.6 is 23.1 Å². The van der Waals surface area contributed by atoms with Crippen LogP contribution in [0.1, 0.15) is 33.3 Å². The molecule has 2 aromatic carbocycles. The van der Waals surface area contributed by atoms with Crippen LogP contribution in [0.4, 0.5) is 5.13 Å². The molecule has 1 atom stereocenters. The maximum atomic E-state index is 13.2. The SMILES string of the molecule is Cc1ccc(CSc2nnc(N3C(=O)C(O)=C(C(=O)c4ccco4)C3c3ccccc3)s2)cc1. The first-order valence-electron chi connectivity index (χ1n) is 10.4. The molecule has 7 nitrogen and oxygen atoms in total. The Morgan fingerprint density at radius 2 is 1.85 bits per heavy atom. The van der Waals surface area contributed by atoms with E-state index in [0.29, 0.717) is 20.8 Å². The number of ketones is 1. The van der Waals surface area contributed by atoms with Crippen molar-refractivity contribution in [2.75, 3.05) is 4.90 Å². The van der Waals surface area contributed by atoms with Crippen molar-refractivity contribution in [2.45, 2.75) is 23.1 Å². The lowest BCUT2D eigenvalue weighted by Gasteiger charge is -2.23. The lowest BCUT2D eigenvalue weighted by molar-refractivity contribution is -0.117. The Labute approximate surface area is 203 Å². The summed E-state index contributed by atoms with van der Waals surface area (Å²) in [5.41, 5.74) is 2.96. The first-order valence-corrected chi connectivity index (χ1v) is 12.2. The van der Waals surface area contributed by atoms with Crippen LogP contribution in [-0.2, 0) is 10.5 Å². The number of hydrogen-bond acceptors (Lipinski definition) is 8. The van der Waals surface area contributed by atoms with E-state index in [0.717, 1.165) is 5.56 Å². The highest BCUT2D eigenvalue weighted by Gasteiger charge is 2.46. The molecule has 0 radical (unpaired) electrons. The molecule has 34 heavy (non-hydrogen) atoms. The molecule has 0 saturated heterocycles. The number of nitrogens with zero attached hydrogens (tertiary/aromatic N) is 3. The van der Waals surface area contributed by atoms with E-state index in [1.54, 1.807) is 18.2 Å². The van der Waals surface area contributed by atoms with E-state index in [1.165, 1.54) is 45.9 Å². The van der Waals surface area contributed by atoms with E-state index in [-0.39, 0.29) is 11.3 Å². The van der Waals surface area contributed by atoms with Gasteiger partial charge in [0.2, 0.25) is 10.9 Å². The van der Waals surface area contributed by atoms with Gasteiger partial charge < -0.3 is 9.52 Å². The van der Waals surface area contributed by atoms with Gasteiger partial charge in [-0.05, 0) is 30.2 Å². The Kier molecular flexibility index (Phi) is 6.04. The van der Waals surface area contributed by atoms with Crippen LogP contribution in [0.5, 0.6) is 0 Å². The monoisotopic (exact) mass is 489 g/mol. The van der Waals surface area contributed by atoms with E-state index in [2.05, 4.69) is 34.5 Å². The van der Waals surface area contributed by atoms with Crippen molar-refractivity contribution in [2.24, 2.45) is 0 Å². The number of furan rings is 1.